The lowest BCUT2D eigenvalue weighted by Crippen LogP contribution is -1.97. The third kappa shape index (κ3) is 7.07. The van der Waals surface area contributed by atoms with Crippen molar-refractivity contribution in [2.75, 3.05) is 0 Å². The molecule has 120 valence electrons. The van der Waals surface area contributed by atoms with Crippen molar-refractivity contribution in [3.05, 3.63) is 78.4 Å². The van der Waals surface area contributed by atoms with Gasteiger partial charge in [-0.3, -0.25) is 0 Å². The van der Waals surface area contributed by atoms with Gasteiger partial charge in [-0.15, -0.1) is 0 Å². The van der Waals surface area contributed by atoms with Crippen molar-refractivity contribution < 1.29 is 0 Å². The normalized spacial score (nSPS) is 11.5. The third-order valence-electron chi connectivity index (χ3n) is 2.79. The van der Waals surface area contributed by atoms with Crippen molar-refractivity contribution in [1.29, 1.82) is 0 Å². The maximum atomic E-state index is 6.07. The molecule has 23 heavy (non-hydrogen) atoms. The lowest BCUT2D eigenvalue weighted by atomic mass is 10.1. The highest BCUT2D eigenvalue weighted by Gasteiger charge is 2.00. The molecule has 0 bridgehead atoms. The molecule has 0 aromatic heterocycles. The van der Waals surface area contributed by atoms with Crippen molar-refractivity contribution in [3.8, 4) is 0 Å². The van der Waals surface area contributed by atoms with Crippen molar-refractivity contribution >= 4 is 28.3 Å². The maximum Gasteiger partial charge on any atom is 0.223 e. The van der Waals surface area contributed by atoms with Crippen molar-refractivity contribution in [2.45, 2.75) is 27.2 Å². The van der Waals surface area contributed by atoms with E-state index < -0.39 is 0 Å². The van der Waals surface area contributed by atoms with E-state index in [0.29, 0.717) is 5.70 Å². The van der Waals surface area contributed by atoms with Crippen LogP contribution in [-0.4, -0.2) is 11.0 Å². The van der Waals surface area contributed by atoms with Crippen molar-refractivity contribution in [2.24, 2.45) is 9.98 Å². The first-order chi connectivity index (χ1) is 11.1. The van der Waals surface area contributed by atoms with Crippen LogP contribution >= 0.6 is 11.6 Å². The van der Waals surface area contributed by atoms with Gasteiger partial charge in [0.1, 0.15) is 0 Å². The summed E-state index contributed by atoms with van der Waals surface area (Å²) < 4.78 is 0. The summed E-state index contributed by atoms with van der Waals surface area (Å²) in [6, 6.07) is 19.5. The Hall–Kier alpha value is -2.19. The fraction of sp³-hybridized carbons (Fsp3) is 0.200. The van der Waals surface area contributed by atoms with Gasteiger partial charge in [0.05, 0.1) is 5.70 Å². The molecule has 0 unspecified atom stereocenters. The Morgan fingerprint density at radius 1 is 0.870 bits per heavy atom. The van der Waals surface area contributed by atoms with Crippen LogP contribution in [0.2, 0.25) is 0 Å². The number of amidine groups is 1. The minimum atomic E-state index is 0.181. The Morgan fingerprint density at radius 3 is 1.78 bits per heavy atom. The minimum absolute atomic E-state index is 0.181. The Balaban J connectivity index is 0.000000816. The number of nitrogens with zero attached hydrogens (tertiary/aromatic N) is 2. The lowest BCUT2D eigenvalue weighted by Gasteiger charge is -2.01. The summed E-state index contributed by atoms with van der Waals surface area (Å²) in [4.78, 5) is 8.50. The summed E-state index contributed by atoms with van der Waals surface area (Å²) in [5.74, 6) is 0. The van der Waals surface area contributed by atoms with Gasteiger partial charge < -0.3 is 0 Å². The van der Waals surface area contributed by atoms with E-state index in [4.69, 9.17) is 11.6 Å². The van der Waals surface area contributed by atoms with Gasteiger partial charge in [-0.2, -0.15) is 0 Å². The summed E-state index contributed by atoms with van der Waals surface area (Å²) >= 11 is 6.07. The maximum absolute atomic E-state index is 6.07. The van der Waals surface area contributed by atoms with Crippen molar-refractivity contribution in [1.82, 2.24) is 0 Å². The van der Waals surface area contributed by atoms with Crippen molar-refractivity contribution in [3.63, 3.8) is 0 Å². The van der Waals surface area contributed by atoms with Gasteiger partial charge in [0.15, 0.2) is 0 Å². The molecule has 0 saturated heterocycles. The average Bonchev–Trinajstić information content (AvgIpc) is 2.57. The number of aliphatic imine (C=N–C) groups is 2. The minimum Gasteiger partial charge on any atom is -0.223 e. The summed E-state index contributed by atoms with van der Waals surface area (Å²) in [6.45, 7) is 10.1. The van der Waals surface area contributed by atoms with E-state index in [1.165, 1.54) is 6.42 Å². The SMILES string of the molecule is C=C(N=C(Cl)/N=C(\C)c1ccccc1)c1ccccc1.CCC. The molecular weight excluding hydrogens is 304 g/mol. The first kappa shape index (κ1) is 18.9. The first-order valence-electron chi connectivity index (χ1n) is 7.67. The highest BCUT2D eigenvalue weighted by Crippen LogP contribution is 2.14. The molecule has 3 heteroatoms. The second-order valence-corrected chi connectivity index (χ2v) is 5.30. The van der Waals surface area contributed by atoms with Gasteiger partial charge >= 0.3 is 0 Å². The topological polar surface area (TPSA) is 24.7 Å². The highest BCUT2D eigenvalue weighted by atomic mass is 35.5. The molecule has 2 nitrogen and oxygen atoms in total. The fourth-order valence-corrected chi connectivity index (χ4v) is 1.94. The van der Waals surface area contributed by atoms with Crippen LogP contribution in [0.4, 0.5) is 0 Å². The van der Waals surface area contributed by atoms with E-state index in [1.807, 2.05) is 67.6 Å². The quantitative estimate of drug-likeness (QED) is 0.365. The van der Waals surface area contributed by atoms with Crippen LogP contribution in [0.1, 0.15) is 38.3 Å². The molecule has 0 amide bonds. The second-order valence-electron chi connectivity index (χ2n) is 4.96. The zero-order chi connectivity index (χ0) is 17.1. The predicted octanol–water partition coefficient (Wildman–Crippen LogP) is 6.18. The Bertz CT molecular complexity index is 659. The zero-order valence-electron chi connectivity index (χ0n) is 14.0. The molecule has 0 aliphatic heterocycles. The number of rotatable bonds is 3. The monoisotopic (exact) mass is 326 g/mol. The van der Waals surface area contributed by atoms with Crippen LogP contribution in [0.25, 0.3) is 5.70 Å². The molecule has 0 atom stereocenters. The standard InChI is InChI=1S/C17H15ClN2.C3H8/c1-13(15-9-5-3-6-10-15)19-17(18)20-14(2)16-11-7-4-8-12-16;1-3-2/h3-12H,1H2,2H3;3H2,1-2H3/b19-17?,20-14+;. The number of hydrogen-bond donors (Lipinski definition) is 0. The third-order valence-corrected chi connectivity index (χ3v) is 2.95. The summed E-state index contributed by atoms with van der Waals surface area (Å²) in [7, 11) is 0. The molecule has 2 aromatic rings. The molecule has 0 heterocycles. The summed E-state index contributed by atoms with van der Waals surface area (Å²) in [5, 5.41) is 0.181. The number of benzene rings is 2. The van der Waals surface area contributed by atoms with Crippen LogP contribution in [0.3, 0.4) is 0 Å². The first-order valence-corrected chi connectivity index (χ1v) is 8.05. The fourth-order valence-electron chi connectivity index (χ4n) is 1.71. The highest BCUT2D eigenvalue weighted by molar-refractivity contribution is 6.66. The Morgan fingerprint density at radius 2 is 1.30 bits per heavy atom. The Kier molecular flexibility index (Phi) is 8.63. The number of halogens is 1. The molecule has 0 fully saturated rings. The molecule has 0 N–H and O–H groups in total. The molecule has 2 rings (SSSR count). The second kappa shape index (κ2) is 10.5. The Labute approximate surface area is 144 Å². The zero-order valence-corrected chi connectivity index (χ0v) is 14.7. The van der Waals surface area contributed by atoms with Gasteiger partial charge in [0, 0.05) is 5.71 Å². The lowest BCUT2D eigenvalue weighted by molar-refractivity contribution is 1.09. The van der Waals surface area contributed by atoms with E-state index in [-0.39, 0.29) is 5.29 Å². The van der Waals surface area contributed by atoms with E-state index in [0.717, 1.165) is 16.8 Å². The largest absolute Gasteiger partial charge is 0.223 e. The van der Waals surface area contributed by atoms with E-state index in [2.05, 4.69) is 30.4 Å². The van der Waals surface area contributed by atoms with Crippen LogP contribution < -0.4 is 0 Å². The van der Waals surface area contributed by atoms with Gasteiger partial charge in [-0.1, -0.05) is 87.5 Å². The molecule has 0 aliphatic rings. The van der Waals surface area contributed by atoms with Crippen LogP contribution in [-0.2, 0) is 0 Å². The van der Waals surface area contributed by atoms with Crippen LogP contribution in [0.5, 0.6) is 0 Å². The summed E-state index contributed by atoms with van der Waals surface area (Å²) in [5.41, 5.74) is 3.37. The molecular formula is C20H23ClN2. The predicted molar refractivity (Wildman–Crippen MR) is 103 cm³/mol. The van der Waals surface area contributed by atoms with E-state index in [1.54, 1.807) is 0 Å². The molecule has 0 spiro atoms. The van der Waals surface area contributed by atoms with Crippen LogP contribution in [0, 0.1) is 0 Å². The molecule has 0 radical (unpaired) electrons. The smallest absolute Gasteiger partial charge is 0.223 e. The van der Waals surface area contributed by atoms with E-state index >= 15 is 0 Å². The summed E-state index contributed by atoms with van der Waals surface area (Å²) in [6.07, 6.45) is 1.25. The average molecular weight is 327 g/mol. The number of hydrogen-bond acceptors (Lipinski definition) is 1. The van der Waals surface area contributed by atoms with Gasteiger partial charge in [0.25, 0.3) is 0 Å². The van der Waals surface area contributed by atoms with Gasteiger partial charge in [-0.25, -0.2) is 9.98 Å². The van der Waals surface area contributed by atoms with E-state index in [9.17, 15) is 0 Å². The van der Waals surface area contributed by atoms with Gasteiger partial charge in [0.2, 0.25) is 5.29 Å². The molecule has 2 aromatic carbocycles. The van der Waals surface area contributed by atoms with Crippen LogP contribution in [0.15, 0.2) is 77.2 Å². The molecule has 0 aliphatic carbocycles. The van der Waals surface area contributed by atoms with Gasteiger partial charge in [-0.05, 0) is 29.7 Å². The molecule has 0 saturated carbocycles.